The van der Waals surface area contributed by atoms with Gasteiger partial charge < -0.3 is 10.5 Å². The fraction of sp³-hybridized carbons (Fsp3) is 0.286. The molecule has 1 heterocycles. The van der Waals surface area contributed by atoms with Crippen LogP contribution in [-0.2, 0) is 6.61 Å². The van der Waals surface area contributed by atoms with E-state index in [2.05, 4.69) is 35.0 Å². The van der Waals surface area contributed by atoms with E-state index in [0.717, 1.165) is 15.1 Å². The molecule has 0 spiro atoms. The number of thiophene rings is 1. The average molecular weight is 326 g/mol. The molecule has 0 saturated carbocycles. The van der Waals surface area contributed by atoms with Crippen LogP contribution in [0.3, 0.4) is 0 Å². The van der Waals surface area contributed by atoms with Crippen LogP contribution in [-0.4, -0.2) is 0 Å². The van der Waals surface area contributed by atoms with Crippen LogP contribution >= 0.6 is 27.3 Å². The summed E-state index contributed by atoms with van der Waals surface area (Å²) in [5.74, 6) is 0.875. The number of benzene rings is 1. The summed E-state index contributed by atoms with van der Waals surface area (Å²) >= 11 is 5.13. The van der Waals surface area contributed by atoms with E-state index in [9.17, 15) is 0 Å². The zero-order valence-corrected chi connectivity index (χ0v) is 12.8. The Hall–Kier alpha value is -0.840. The monoisotopic (exact) mass is 325 g/mol. The molecular formula is C14H16BrNOS. The molecule has 0 bridgehead atoms. The molecule has 2 N–H and O–H groups in total. The van der Waals surface area contributed by atoms with Crippen molar-refractivity contribution in [3.05, 3.63) is 50.1 Å². The van der Waals surface area contributed by atoms with Crippen molar-refractivity contribution in [2.45, 2.75) is 26.5 Å². The second-order valence-corrected chi connectivity index (χ2v) is 6.87. The molecule has 0 aliphatic rings. The summed E-state index contributed by atoms with van der Waals surface area (Å²) in [6.07, 6.45) is 0. The summed E-state index contributed by atoms with van der Waals surface area (Å²) in [4.78, 5) is 1.19. The van der Waals surface area contributed by atoms with E-state index in [1.807, 2.05) is 25.1 Å². The highest BCUT2D eigenvalue weighted by molar-refractivity contribution is 9.11. The highest BCUT2D eigenvalue weighted by Gasteiger charge is 2.09. The molecule has 0 aliphatic heterocycles. The molecule has 0 saturated heterocycles. The molecule has 0 fully saturated rings. The Morgan fingerprint density at radius 2 is 2.11 bits per heavy atom. The topological polar surface area (TPSA) is 35.2 Å². The molecular weight excluding hydrogens is 310 g/mol. The first-order chi connectivity index (χ1) is 8.56. The molecule has 0 amide bonds. The van der Waals surface area contributed by atoms with Crippen LogP contribution in [0, 0.1) is 6.92 Å². The summed E-state index contributed by atoms with van der Waals surface area (Å²) in [6.45, 7) is 4.62. The second kappa shape index (κ2) is 5.87. The van der Waals surface area contributed by atoms with Crippen molar-refractivity contribution in [1.29, 1.82) is 0 Å². The average Bonchev–Trinajstić information content (AvgIpc) is 2.73. The van der Waals surface area contributed by atoms with E-state index in [1.54, 1.807) is 11.3 Å². The minimum Gasteiger partial charge on any atom is -0.488 e. The molecule has 2 aromatic rings. The number of halogens is 1. The standard InChI is InChI=1S/C14H16BrNOS/c1-9-3-5-13(12(7-9)10(2)16)17-8-11-4-6-14(15)18-11/h3-7,10H,8,16H2,1-2H3/t10-/m1/s1. The molecule has 0 unspecified atom stereocenters. The Bertz CT molecular complexity index is 536. The molecule has 2 rings (SSSR count). The summed E-state index contributed by atoms with van der Waals surface area (Å²) in [5, 5.41) is 0. The Kier molecular flexibility index (Phi) is 4.43. The van der Waals surface area contributed by atoms with E-state index >= 15 is 0 Å². The van der Waals surface area contributed by atoms with Crippen LogP contribution in [0.2, 0.25) is 0 Å². The van der Waals surface area contributed by atoms with Gasteiger partial charge in [0, 0.05) is 16.5 Å². The van der Waals surface area contributed by atoms with Gasteiger partial charge in [0.15, 0.2) is 0 Å². The predicted molar refractivity (Wildman–Crippen MR) is 80.1 cm³/mol. The van der Waals surface area contributed by atoms with Crippen molar-refractivity contribution in [1.82, 2.24) is 0 Å². The number of hydrogen-bond acceptors (Lipinski definition) is 3. The van der Waals surface area contributed by atoms with Gasteiger partial charge in [0.05, 0.1) is 3.79 Å². The quantitative estimate of drug-likeness (QED) is 0.903. The summed E-state index contributed by atoms with van der Waals surface area (Å²) < 4.78 is 6.99. The zero-order chi connectivity index (χ0) is 13.1. The van der Waals surface area contributed by atoms with Crippen LogP contribution in [0.4, 0.5) is 0 Å². The molecule has 2 nitrogen and oxygen atoms in total. The van der Waals surface area contributed by atoms with Gasteiger partial charge in [-0.05, 0) is 48.0 Å². The van der Waals surface area contributed by atoms with Crippen LogP contribution < -0.4 is 10.5 Å². The van der Waals surface area contributed by atoms with E-state index in [1.165, 1.54) is 10.4 Å². The van der Waals surface area contributed by atoms with Gasteiger partial charge in [-0.3, -0.25) is 0 Å². The van der Waals surface area contributed by atoms with Gasteiger partial charge in [0.25, 0.3) is 0 Å². The first kappa shape index (κ1) is 13.6. The van der Waals surface area contributed by atoms with Gasteiger partial charge >= 0.3 is 0 Å². The van der Waals surface area contributed by atoms with Crippen molar-refractivity contribution < 1.29 is 4.74 Å². The normalized spacial score (nSPS) is 12.4. The lowest BCUT2D eigenvalue weighted by Gasteiger charge is -2.14. The maximum absolute atomic E-state index is 5.97. The largest absolute Gasteiger partial charge is 0.488 e. The van der Waals surface area contributed by atoms with E-state index in [0.29, 0.717) is 6.61 Å². The van der Waals surface area contributed by atoms with Gasteiger partial charge in [0.2, 0.25) is 0 Å². The summed E-state index contributed by atoms with van der Waals surface area (Å²) in [7, 11) is 0. The Balaban J connectivity index is 2.13. The summed E-state index contributed by atoms with van der Waals surface area (Å²) in [6, 6.07) is 10.2. The molecule has 18 heavy (non-hydrogen) atoms. The lowest BCUT2D eigenvalue weighted by molar-refractivity contribution is 0.305. The summed E-state index contributed by atoms with van der Waals surface area (Å²) in [5.41, 5.74) is 8.23. The first-order valence-corrected chi connectivity index (χ1v) is 7.40. The lowest BCUT2D eigenvalue weighted by atomic mass is 10.1. The van der Waals surface area contributed by atoms with Gasteiger partial charge in [0.1, 0.15) is 12.4 Å². The number of nitrogens with two attached hydrogens (primary N) is 1. The van der Waals surface area contributed by atoms with E-state index in [4.69, 9.17) is 10.5 Å². The van der Waals surface area contributed by atoms with E-state index in [-0.39, 0.29) is 6.04 Å². The molecule has 0 radical (unpaired) electrons. The molecule has 1 aromatic heterocycles. The number of aryl methyl sites for hydroxylation is 1. The van der Waals surface area contributed by atoms with Crippen LogP contribution in [0.25, 0.3) is 0 Å². The van der Waals surface area contributed by atoms with Crippen molar-refractivity contribution in [2.75, 3.05) is 0 Å². The SMILES string of the molecule is Cc1ccc(OCc2ccc(Br)s2)c([C@@H](C)N)c1. The third-order valence-electron chi connectivity index (χ3n) is 2.65. The number of hydrogen-bond donors (Lipinski definition) is 1. The predicted octanol–water partition coefficient (Wildman–Crippen LogP) is 4.42. The highest BCUT2D eigenvalue weighted by atomic mass is 79.9. The minimum absolute atomic E-state index is 0.0185. The molecule has 1 aromatic carbocycles. The third kappa shape index (κ3) is 3.34. The van der Waals surface area contributed by atoms with Crippen molar-refractivity contribution in [3.63, 3.8) is 0 Å². The molecule has 4 heteroatoms. The number of ether oxygens (including phenoxy) is 1. The van der Waals surface area contributed by atoms with Gasteiger partial charge in [-0.1, -0.05) is 17.7 Å². The van der Waals surface area contributed by atoms with Gasteiger partial charge in [-0.15, -0.1) is 11.3 Å². The second-order valence-electron chi connectivity index (χ2n) is 4.32. The van der Waals surface area contributed by atoms with Crippen molar-refractivity contribution >= 4 is 27.3 Å². The van der Waals surface area contributed by atoms with Gasteiger partial charge in [-0.25, -0.2) is 0 Å². The first-order valence-electron chi connectivity index (χ1n) is 5.79. The third-order valence-corrected chi connectivity index (χ3v) is 4.25. The molecule has 0 aliphatic carbocycles. The maximum atomic E-state index is 5.97. The Labute approximate surface area is 120 Å². The van der Waals surface area contributed by atoms with Crippen LogP contribution in [0.15, 0.2) is 34.1 Å². The highest BCUT2D eigenvalue weighted by Crippen LogP contribution is 2.28. The molecule has 96 valence electrons. The fourth-order valence-electron chi connectivity index (χ4n) is 1.73. The fourth-order valence-corrected chi connectivity index (χ4v) is 3.13. The number of rotatable bonds is 4. The lowest BCUT2D eigenvalue weighted by Crippen LogP contribution is -2.08. The Morgan fingerprint density at radius 3 is 2.72 bits per heavy atom. The van der Waals surface area contributed by atoms with Crippen molar-refractivity contribution in [2.24, 2.45) is 5.73 Å². The Morgan fingerprint density at radius 1 is 1.33 bits per heavy atom. The smallest absolute Gasteiger partial charge is 0.124 e. The van der Waals surface area contributed by atoms with Crippen molar-refractivity contribution in [3.8, 4) is 5.75 Å². The van der Waals surface area contributed by atoms with Crippen LogP contribution in [0.1, 0.15) is 29.0 Å². The molecule has 1 atom stereocenters. The minimum atomic E-state index is -0.0185. The van der Waals surface area contributed by atoms with Crippen LogP contribution in [0.5, 0.6) is 5.75 Å². The van der Waals surface area contributed by atoms with Gasteiger partial charge in [-0.2, -0.15) is 0 Å². The zero-order valence-electron chi connectivity index (χ0n) is 10.4. The maximum Gasteiger partial charge on any atom is 0.124 e. The van der Waals surface area contributed by atoms with E-state index < -0.39 is 0 Å².